The van der Waals surface area contributed by atoms with Crippen molar-refractivity contribution in [2.75, 3.05) is 33.5 Å². The Bertz CT molecular complexity index is 463. The standard InChI is InChI=1S/C16H24N2O3/c1-20-8-9-21-7-3-2-6-18-16(19)13-4-5-14-11-17-12-15(14)10-13/h4-5,10,17H,2-3,6-9,11-12H2,1H3,(H,18,19). The third kappa shape index (κ3) is 5.12. The Morgan fingerprint density at radius 2 is 2.05 bits per heavy atom. The van der Waals surface area contributed by atoms with Crippen LogP contribution in [0.2, 0.25) is 0 Å². The lowest BCUT2D eigenvalue weighted by Crippen LogP contribution is -2.24. The molecular weight excluding hydrogens is 268 g/mol. The maximum atomic E-state index is 12.0. The third-order valence-electron chi connectivity index (χ3n) is 3.53. The van der Waals surface area contributed by atoms with E-state index in [-0.39, 0.29) is 5.91 Å². The SMILES string of the molecule is COCCOCCCCNC(=O)c1ccc2c(c1)CNC2. The second kappa shape index (κ2) is 8.77. The van der Waals surface area contributed by atoms with Crippen molar-refractivity contribution in [2.45, 2.75) is 25.9 Å². The monoisotopic (exact) mass is 292 g/mol. The molecule has 1 amide bonds. The Balaban J connectivity index is 1.61. The quantitative estimate of drug-likeness (QED) is 0.677. The van der Waals surface area contributed by atoms with Gasteiger partial charge in [-0.25, -0.2) is 0 Å². The van der Waals surface area contributed by atoms with Gasteiger partial charge in [-0.3, -0.25) is 4.79 Å². The number of rotatable bonds is 9. The first kappa shape index (κ1) is 15.9. The number of amides is 1. The zero-order valence-electron chi connectivity index (χ0n) is 12.6. The van der Waals surface area contributed by atoms with E-state index in [1.54, 1.807) is 7.11 Å². The number of methoxy groups -OCH3 is 1. The van der Waals surface area contributed by atoms with Crippen LogP contribution in [0, 0.1) is 0 Å². The summed E-state index contributed by atoms with van der Waals surface area (Å²) < 4.78 is 10.3. The summed E-state index contributed by atoms with van der Waals surface area (Å²) in [5.41, 5.74) is 3.27. The highest BCUT2D eigenvalue weighted by Crippen LogP contribution is 2.16. The van der Waals surface area contributed by atoms with Crippen LogP contribution in [0.15, 0.2) is 18.2 Å². The minimum absolute atomic E-state index is 0.00463. The summed E-state index contributed by atoms with van der Waals surface area (Å²) in [7, 11) is 1.66. The Kier molecular flexibility index (Phi) is 6.66. The summed E-state index contributed by atoms with van der Waals surface area (Å²) in [4.78, 5) is 12.0. The number of carbonyl (C=O) groups is 1. The molecule has 0 spiro atoms. The molecule has 0 atom stereocenters. The van der Waals surface area contributed by atoms with Crippen LogP contribution >= 0.6 is 0 Å². The van der Waals surface area contributed by atoms with Crippen LogP contribution in [0.1, 0.15) is 34.3 Å². The average molecular weight is 292 g/mol. The van der Waals surface area contributed by atoms with Gasteiger partial charge >= 0.3 is 0 Å². The molecule has 1 heterocycles. The van der Waals surface area contributed by atoms with Crippen LogP contribution in [0.4, 0.5) is 0 Å². The molecule has 0 radical (unpaired) electrons. The molecule has 1 aromatic carbocycles. The minimum atomic E-state index is 0.00463. The van der Waals surface area contributed by atoms with E-state index in [1.165, 1.54) is 11.1 Å². The first-order valence-electron chi connectivity index (χ1n) is 7.48. The predicted molar refractivity (Wildman–Crippen MR) is 81.2 cm³/mol. The van der Waals surface area contributed by atoms with Gasteiger partial charge in [0.15, 0.2) is 0 Å². The van der Waals surface area contributed by atoms with Gasteiger partial charge in [-0.1, -0.05) is 6.07 Å². The number of carbonyl (C=O) groups excluding carboxylic acids is 1. The number of nitrogens with one attached hydrogen (secondary N) is 2. The van der Waals surface area contributed by atoms with Crippen LogP contribution in [0.25, 0.3) is 0 Å². The Labute approximate surface area is 126 Å². The van der Waals surface area contributed by atoms with Gasteiger partial charge in [0.1, 0.15) is 0 Å². The second-order valence-electron chi connectivity index (χ2n) is 5.16. The number of hydrogen-bond donors (Lipinski definition) is 2. The first-order valence-corrected chi connectivity index (χ1v) is 7.48. The van der Waals surface area contributed by atoms with Crippen molar-refractivity contribution in [3.8, 4) is 0 Å². The summed E-state index contributed by atoms with van der Waals surface area (Å²) in [6, 6.07) is 5.92. The largest absolute Gasteiger partial charge is 0.382 e. The smallest absolute Gasteiger partial charge is 0.251 e. The lowest BCUT2D eigenvalue weighted by Gasteiger charge is -2.07. The highest BCUT2D eigenvalue weighted by atomic mass is 16.5. The molecule has 0 saturated heterocycles. The molecule has 1 aromatic rings. The van der Waals surface area contributed by atoms with E-state index in [9.17, 15) is 4.79 Å². The lowest BCUT2D eigenvalue weighted by molar-refractivity contribution is 0.0686. The maximum absolute atomic E-state index is 12.0. The molecule has 0 aromatic heterocycles. The number of benzene rings is 1. The fraction of sp³-hybridized carbons (Fsp3) is 0.562. The summed E-state index contributed by atoms with van der Waals surface area (Å²) >= 11 is 0. The molecule has 21 heavy (non-hydrogen) atoms. The van der Waals surface area contributed by atoms with E-state index in [4.69, 9.17) is 9.47 Å². The van der Waals surface area contributed by atoms with Crippen LogP contribution in [-0.2, 0) is 22.6 Å². The number of ether oxygens (including phenoxy) is 2. The molecule has 116 valence electrons. The zero-order valence-corrected chi connectivity index (χ0v) is 12.6. The predicted octanol–water partition coefficient (Wildman–Crippen LogP) is 1.46. The number of unbranched alkanes of at least 4 members (excludes halogenated alkanes) is 1. The molecule has 0 fully saturated rings. The third-order valence-corrected chi connectivity index (χ3v) is 3.53. The van der Waals surface area contributed by atoms with Crippen molar-refractivity contribution in [3.63, 3.8) is 0 Å². The van der Waals surface area contributed by atoms with Gasteiger partial charge in [-0.15, -0.1) is 0 Å². The Morgan fingerprint density at radius 1 is 1.19 bits per heavy atom. The van der Waals surface area contributed by atoms with Gasteiger partial charge in [0.05, 0.1) is 13.2 Å². The van der Waals surface area contributed by atoms with Gasteiger partial charge in [0.2, 0.25) is 0 Å². The minimum Gasteiger partial charge on any atom is -0.382 e. The molecule has 0 bridgehead atoms. The molecular formula is C16H24N2O3. The molecule has 0 saturated carbocycles. The van der Waals surface area contributed by atoms with Crippen molar-refractivity contribution in [2.24, 2.45) is 0 Å². The van der Waals surface area contributed by atoms with Crippen LogP contribution < -0.4 is 10.6 Å². The van der Waals surface area contributed by atoms with Crippen molar-refractivity contribution in [1.82, 2.24) is 10.6 Å². The van der Waals surface area contributed by atoms with E-state index in [0.29, 0.717) is 26.4 Å². The molecule has 2 N–H and O–H groups in total. The summed E-state index contributed by atoms with van der Waals surface area (Å²) in [6.07, 6.45) is 1.86. The van der Waals surface area contributed by atoms with Gasteiger partial charge in [0.25, 0.3) is 5.91 Å². The van der Waals surface area contributed by atoms with Crippen molar-refractivity contribution < 1.29 is 14.3 Å². The molecule has 5 heteroatoms. The van der Waals surface area contributed by atoms with E-state index < -0.39 is 0 Å². The second-order valence-corrected chi connectivity index (χ2v) is 5.16. The summed E-state index contributed by atoms with van der Waals surface area (Å²) in [5, 5.41) is 6.23. The summed E-state index contributed by atoms with van der Waals surface area (Å²) in [5.74, 6) is 0.00463. The number of fused-ring (bicyclic) bond motifs is 1. The van der Waals surface area contributed by atoms with Crippen LogP contribution in [-0.4, -0.2) is 39.4 Å². The van der Waals surface area contributed by atoms with Crippen molar-refractivity contribution in [1.29, 1.82) is 0 Å². The van der Waals surface area contributed by atoms with E-state index in [1.807, 2.05) is 18.2 Å². The van der Waals surface area contributed by atoms with Crippen molar-refractivity contribution in [3.05, 3.63) is 34.9 Å². The van der Waals surface area contributed by atoms with Gasteiger partial charge in [0, 0.05) is 38.9 Å². The fourth-order valence-electron chi connectivity index (χ4n) is 2.31. The molecule has 1 aliphatic rings. The van der Waals surface area contributed by atoms with E-state index in [0.717, 1.165) is 31.5 Å². The molecule has 5 nitrogen and oxygen atoms in total. The molecule has 1 aliphatic heterocycles. The van der Waals surface area contributed by atoms with Crippen LogP contribution in [0.3, 0.4) is 0 Å². The topological polar surface area (TPSA) is 59.6 Å². The molecule has 2 rings (SSSR count). The molecule has 0 aliphatic carbocycles. The Hall–Kier alpha value is -1.43. The molecule has 0 unspecified atom stereocenters. The van der Waals surface area contributed by atoms with Crippen molar-refractivity contribution >= 4 is 5.91 Å². The lowest BCUT2D eigenvalue weighted by atomic mass is 10.1. The van der Waals surface area contributed by atoms with Gasteiger partial charge < -0.3 is 20.1 Å². The number of hydrogen-bond acceptors (Lipinski definition) is 4. The van der Waals surface area contributed by atoms with E-state index in [2.05, 4.69) is 10.6 Å². The van der Waals surface area contributed by atoms with E-state index >= 15 is 0 Å². The first-order chi connectivity index (χ1) is 10.3. The highest BCUT2D eigenvalue weighted by Gasteiger charge is 2.12. The zero-order chi connectivity index (χ0) is 14.9. The fourth-order valence-corrected chi connectivity index (χ4v) is 2.31. The average Bonchev–Trinajstić information content (AvgIpc) is 2.97. The highest BCUT2D eigenvalue weighted by molar-refractivity contribution is 5.94. The van der Waals surface area contributed by atoms with Gasteiger partial charge in [-0.2, -0.15) is 0 Å². The Morgan fingerprint density at radius 3 is 2.90 bits per heavy atom. The normalized spacial score (nSPS) is 13.2. The van der Waals surface area contributed by atoms with Gasteiger partial charge in [-0.05, 0) is 36.1 Å². The summed E-state index contributed by atoms with van der Waals surface area (Å²) in [6.45, 7) is 4.41. The van der Waals surface area contributed by atoms with Crippen LogP contribution in [0.5, 0.6) is 0 Å². The maximum Gasteiger partial charge on any atom is 0.251 e.